The smallest absolute Gasteiger partial charge is 0.326 e. The van der Waals surface area contributed by atoms with Crippen LogP contribution in [-0.4, -0.2) is 35.0 Å². The van der Waals surface area contributed by atoms with Crippen molar-refractivity contribution in [1.82, 2.24) is 10.6 Å². The lowest BCUT2D eigenvalue weighted by atomic mass is 10.0. The van der Waals surface area contributed by atoms with Crippen molar-refractivity contribution in [1.29, 1.82) is 5.26 Å². The predicted molar refractivity (Wildman–Crippen MR) is 91.4 cm³/mol. The van der Waals surface area contributed by atoms with Gasteiger partial charge in [0.2, 0.25) is 11.8 Å². The van der Waals surface area contributed by atoms with Crippen molar-refractivity contribution in [3.05, 3.63) is 35.6 Å². The molecule has 0 heterocycles. The number of halogens is 1. The highest BCUT2D eigenvalue weighted by Gasteiger charge is 2.26. The number of hydrogen-bond donors (Lipinski definition) is 3. The number of nitrogens with zero attached hydrogens (tertiary/aromatic N) is 1. The summed E-state index contributed by atoms with van der Waals surface area (Å²) in [5.74, 6) is -2.77. The third-order valence-corrected chi connectivity index (χ3v) is 3.67. The summed E-state index contributed by atoms with van der Waals surface area (Å²) in [6.45, 7) is 1.24. The first kappa shape index (κ1) is 21.1. The van der Waals surface area contributed by atoms with Crippen LogP contribution in [0.25, 0.3) is 0 Å². The van der Waals surface area contributed by atoms with Crippen molar-refractivity contribution in [2.24, 2.45) is 0 Å². The summed E-state index contributed by atoms with van der Waals surface area (Å²) in [6.07, 6.45) is 1.53. The number of hydrogen-bond acceptors (Lipinski definition) is 4. The van der Waals surface area contributed by atoms with E-state index in [4.69, 9.17) is 5.26 Å². The van der Waals surface area contributed by atoms with Crippen LogP contribution in [0.2, 0.25) is 0 Å². The molecule has 2 atom stereocenters. The lowest BCUT2D eigenvalue weighted by Gasteiger charge is -2.21. The summed E-state index contributed by atoms with van der Waals surface area (Å²) in [6, 6.07) is 5.44. The van der Waals surface area contributed by atoms with Crippen molar-refractivity contribution >= 4 is 17.8 Å². The van der Waals surface area contributed by atoms with Gasteiger partial charge in [-0.2, -0.15) is 5.26 Å². The van der Waals surface area contributed by atoms with Gasteiger partial charge in [0.05, 0.1) is 6.07 Å². The number of carboxylic acids is 1. The quantitative estimate of drug-likeness (QED) is 0.545. The van der Waals surface area contributed by atoms with Gasteiger partial charge in [-0.3, -0.25) is 9.59 Å². The van der Waals surface area contributed by atoms with Crippen molar-refractivity contribution in [2.45, 2.75) is 51.1 Å². The highest BCUT2D eigenvalue weighted by Crippen LogP contribution is 2.09. The molecule has 0 bridgehead atoms. The van der Waals surface area contributed by atoms with Gasteiger partial charge in [-0.15, -0.1) is 0 Å². The minimum Gasteiger partial charge on any atom is -0.480 e. The largest absolute Gasteiger partial charge is 0.480 e. The number of nitriles is 1. The van der Waals surface area contributed by atoms with Crippen LogP contribution in [0.15, 0.2) is 24.3 Å². The molecule has 0 aromatic heterocycles. The molecule has 1 aromatic rings. The fourth-order valence-electron chi connectivity index (χ4n) is 2.44. The topological polar surface area (TPSA) is 119 Å². The molecule has 0 fully saturated rings. The van der Waals surface area contributed by atoms with Crippen LogP contribution in [0.1, 0.15) is 38.2 Å². The van der Waals surface area contributed by atoms with Crippen molar-refractivity contribution in [3.8, 4) is 6.07 Å². The number of unbranched alkanes of at least 4 members (excludes halogenated alkanes) is 2. The Labute approximate surface area is 151 Å². The number of rotatable bonds is 10. The second-order valence-corrected chi connectivity index (χ2v) is 5.89. The SMILES string of the molecule is CC(=O)N[C@@H](Cc1cccc(F)c1)C(=O)N[C@H](CCCCC#N)C(=O)O. The second kappa shape index (κ2) is 10.8. The van der Waals surface area contributed by atoms with Crippen LogP contribution in [0.4, 0.5) is 4.39 Å². The Kier molecular flexibility index (Phi) is 8.78. The minimum atomic E-state index is -1.19. The van der Waals surface area contributed by atoms with Gasteiger partial charge in [0, 0.05) is 19.8 Å². The Morgan fingerprint density at radius 3 is 2.54 bits per heavy atom. The number of carbonyl (C=O) groups is 3. The van der Waals surface area contributed by atoms with E-state index in [-0.39, 0.29) is 12.8 Å². The van der Waals surface area contributed by atoms with Gasteiger partial charge < -0.3 is 15.7 Å². The first-order chi connectivity index (χ1) is 12.3. The Balaban J connectivity index is 2.77. The van der Waals surface area contributed by atoms with E-state index in [1.165, 1.54) is 25.1 Å². The summed E-state index contributed by atoms with van der Waals surface area (Å²) >= 11 is 0. The van der Waals surface area contributed by atoms with E-state index >= 15 is 0 Å². The molecule has 2 amide bonds. The third-order valence-electron chi connectivity index (χ3n) is 3.67. The molecule has 1 rings (SSSR count). The molecule has 8 heteroatoms. The van der Waals surface area contributed by atoms with Crippen LogP contribution in [-0.2, 0) is 20.8 Å². The zero-order chi connectivity index (χ0) is 19.5. The van der Waals surface area contributed by atoms with E-state index in [0.717, 1.165) is 0 Å². The zero-order valence-electron chi connectivity index (χ0n) is 14.5. The van der Waals surface area contributed by atoms with Gasteiger partial charge in [0.25, 0.3) is 0 Å². The van der Waals surface area contributed by atoms with E-state index in [1.807, 2.05) is 6.07 Å². The van der Waals surface area contributed by atoms with Crippen molar-refractivity contribution in [3.63, 3.8) is 0 Å². The van der Waals surface area contributed by atoms with Crippen LogP contribution >= 0.6 is 0 Å². The predicted octanol–water partition coefficient (Wildman–Crippen LogP) is 1.53. The van der Waals surface area contributed by atoms with Gasteiger partial charge in [-0.25, -0.2) is 9.18 Å². The molecule has 140 valence electrons. The Bertz CT molecular complexity index is 687. The summed E-state index contributed by atoms with van der Waals surface area (Å²) in [7, 11) is 0. The first-order valence-corrected chi connectivity index (χ1v) is 8.25. The highest BCUT2D eigenvalue weighted by atomic mass is 19.1. The van der Waals surface area contributed by atoms with Crippen molar-refractivity contribution < 1.29 is 23.9 Å². The standard InChI is InChI=1S/C18H22FN3O4/c1-12(23)21-16(11-13-6-5-7-14(19)10-13)17(24)22-15(18(25)26)8-3-2-4-9-20/h5-7,10,15-16H,2-4,8,11H2,1H3,(H,21,23)(H,22,24)(H,25,26)/t15-,16+/m1/s1. The summed E-state index contributed by atoms with van der Waals surface area (Å²) in [4.78, 5) is 35.1. The maximum atomic E-state index is 13.3. The molecule has 0 saturated carbocycles. The van der Waals surface area contributed by atoms with E-state index < -0.39 is 35.7 Å². The number of carboxylic acid groups (broad SMARTS) is 1. The van der Waals surface area contributed by atoms with Crippen LogP contribution < -0.4 is 10.6 Å². The molecule has 0 radical (unpaired) electrons. The summed E-state index contributed by atoms with van der Waals surface area (Å²) < 4.78 is 13.3. The zero-order valence-corrected chi connectivity index (χ0v) is 14.5. The average Bonchev–Trinajstić information content (AvgIpc) is 2.56. The Morgan fingerprint density at radius 1 is 1.23 bits per heavy atom. The first-order valence-electron chi connectivity index (χ1n) is 8.25. The van der Waals surface area contributed by atoms with Gasteiger partial charge in [0.1, 0.15) is 17.9 Å². The molecule has 0 aliphatic carbocycles. The maximum Gasteiger partial charge on any atom is 0.326 e. The van der Waals surface area contributed by atoms with E-state index in [1.54, 1.807) is 6.07 Å². The lowest BCUT2D eigenvalue weighted by Crippen LogP contribution is -2.52. The van der Waals surface area contributed by atoms with Gasteiger partial charge >= 0.3 is 5.97 Å². The van der Waals surface area contributed by atoms with Gasteiger partial charge in [0.15, 0.2) is 0 Å². The molecule has 0 unspecified atom stereocenters. The van der Waals surface area contributed by atoms with Gasteiger partial charge in [-0.05, 0) is 37.0 Å². The normalized spacial score (nSPS) is 12.5. The molecule has 0 aliphatic heterocycles. The molecule has 0 spiro atoms. The van der Waals surface area contributed by atoms with Crippen LogP contribution in [0.3, 0.4) is 0 Å². The molecule has 3 N–H and O–H groups in total. The van der Waals surface area contributed by atoms with Crippen LogP contribution in [0, 0.1) is 17.1 Å². The monoisotopic (exact) mass is 363 g/mol. The maximum absolute atomic E-state index is 13.3. The third kappa shape index (κ3) is 7.75. The molecule has 0 aliphatic rings. The molecule has 0 saturated heterocycles. The lowest BCUT2D eigenvalue weighted by molar-refractivity contribution is -0.142. The molecule has 1 aromatic carbocycles. The molecular formula is C18H22FN3O4. The van der Waals surface area contributed by atoms with Gasteiger partial charge in [-0.1, -0.05) is 12.1 Å². The Morgan fingerprint density at radius 2 is 1.96 bits per heavy atom. The van der Waals surface area contributed by atoms with E-state index in [0.29, 0.717) is 24.8 Å². The molecular weight excluding hydrogens is 341 g/mol. The number of nitrogens with one attached hydrogen (secondary N) is 2. The number of carbonyl (C=O) groups excluding carboxylic acids is 2. The average molecular weight is 363 g/mol. The van der Waals surface area contributed by atoms with E-state index in [9.17, 15) is 23.9 Å². The van der Waals surface area contributed by atoms with E-state index in [2.05, 4.69) is 10.6 Å². The number of benzene rings is 1. The minimum absolute atomic E-state index is 0.0317. The fourth-order valence-corrected chi connectivity index (χ4v) is 2.44. The summed E-state index contributed by atoms with van der Waals surface area (Å²) in [5.41, 5.74) is 0.500. The fraction of sp³-hybridized carbons (Fsp3) is 0.444. The Hall–Kier alpha value is -2.95. The highest BCUT2D eigenvalue weighted by molar-refractivity contribution is 5.90. The van der Waals surface area contributed by atoms with Crippen molar-refractivity contribution in [2.75, 3.05) is 0 Å². The molecule has 26 heavy (non-hydrogen) atoms. The number of aliphatic carboxylic acids is 1. The second-order valence-electron chi connectivity index (χ2n) is 5.89. The number of amides is 2. The molecule has 7 nitrogen and oxygen atoms in total. The summed E-state index contributed by atoms with van der Waals surface area (Å²) in [5, 5.41) is 22.6. The van der Waals surface area contributed by atoms with Crippen LogP contribution in [0.5, 0.6) is 0 Å².